The molecule has 0 bridgehead atoms. The zero-order chi connectivity index (χ0) is 13.2. The van der Waals surface area contributed by atoms with Crippen LogP contribution in [-0.4, -0.2) is 23.6 Å². The van der Waals surface area contributed by atoms with E-state index in [1.807, 2.05) is 13.1 Å². The van der Waals surface area contributed by atoms with E-state index in [1.165, 1.54) is 19.3 Å². The third kappa shape index (κ3) is 3.12. The van der Waals surface area contributed by atoms with Crippen LogP contribution in [0.15, 0.2) is 6.07 Å². The number of aromatic nitrogens is 2. The summed E-state index contributed by atoms with van der Waals surface area (Å²) < 4.78 is 0. The molecule has 1 saturated carbocycles. The Bertz CT molecular complexity index is 405. The van der Waals surface area contributed by atoms with Crippen molar-refractivity contribution in [2.24, 2.45) is 5.92 Å². The van der Waals surface area contributed by atoms with Crippen LogP contribution in [0.4, 0.5) is 11.6 Å². The Kier molecular flexibility index (Phi) is 3.73. The normalized spacial score (nSPS) is 16.2. The molecule has 4 heteroatoms. The zero-order valence-electron chi connectivity index (χ0n) is 11.9. The number of nitrogens with one attached hydrogen (secondary N) is 2. The minimum Gasteiger partial charge on any atom is -0.373 e. The third-order valence-corrected chi connectivity index (χ3v) is 3.45. The summed E-state index contributed by atoms with van der Waals surface area (Å²) in [5, 5.41) is 6.55. The Morgan fingerprint density at radius 3 is 2.39 bits per heavy atom. The van der Waals surface area contributed by atoms with Gasteiger partial charge in [-0.25, -0.2) is 9.97 Å². The van der Waals surface area contributed by atoms with Crippen LogP contribution in [0.1, 0.15) is 45.9 Å². The molecular weight excluding hydrogens is 224 g/mol. The Hall–Kier alpha value is -1.32. The molecule has 2 N–H and O–H groups in total. The summed E-state index contributed by atoms with van der Waals surface area (Å²) in [6.07, 6.45) is 4.08. The van der Waals surface area contributed by atoms with Gasteiger partial charge in [0, 0.05) is 25.1 Å². The molecule has 1 heterocycles. The first-order valence-corrected chi connectivity index (χ1v) is 6.80. The van der Waals surface area contributed by atoms with Gasteiger partial charge in [-0.3, -0.25) is 0 Å². The summed E-state index contributed by atoms with van der Waals surface area (Å²) in [4.78, 5) is 9.14. The lowest BCUT2D eigenvalue weighted by Gasteiger charge is -2.26. The van der Waals surface area contributed by atoms with Crippen LogP contribution in [0, 0.1) is 5.92 Å². The van der Waals surface area contributed by atoms with E-state index < -0.39 is 0 Å². The Morgan fingerprint density at radius 1 is 1.22 bits per heavy atom. The van der Waals surface area contributed by atoms with Crippen LogP contribution in [0.25, 0.3) is 0 Å². The smallest absolute Gasteiger partial charge is 0.138 e. The maximum absolute atomic E-state index is 4.62. The van der Waals surface area contributed by atoms with Gasteiger partial charge in [0.2, 0.25) is 0 Å². The largest absolute Gasteiger partial charge is 0.373 e. The first-order chi connectivity index (χ1) is 8.49. The van der Waals surface area contributed by atoms with Crippen LogP contribution in [0.5, 0.6) is 0 Å². The minimum absolute atomic E-state index is 0.0280. The fourth-order valence-electron chi connectivity index (χ4n) is 1.95. The molecule has 0 spiro atoms. The summed E-state index contributed by atoms with van der Waals surface area (Å²) in [6.45, 7) is 7.44. The number of anilines is 2. The van der Waals surface area contributed by atoms with Crippen LogP contribution in [-0.2, 0) is 5.41 Å². The molecule has 0 aromatic carbocycles. The van der Waals surface area contributed by atoms with Crippen LogP contribution >= 0.6 is 0 Å². The molecule has 1 fully saturated rings. The van der Waals surface area contributed by atoms with Gasteiger partial charge in [-0.05, 0) is 18.8 Å². The van der Waals surface area contributed by atoms with Gasteiger partial charge in [0.1, 0.15) is 17.5 Å². The third-order valence-electron chi connectivity index (χ3n) is 3.45. The standard InChI is InChI=1S/C14H24N4/c1-14(2,3)13-17-11(15-4)8-12(18-13)16-9-10-6-5-7-10/h8,10H,5-7,9H2,1-4H3,(H2,15,16,17,18). The van der Waals surface area contributed by atoms with Gasteiger partial charge in [0.05, 0.1) is 0 Å². The van der Waals surface area contributed by atoms with Crippen molar-refractivity contribution in [1.29, 1.82) is 0 Å². The second-order valence-electron chi connectivity index (χ2n) is 6.14. The lowest BCUT2D eigenvalue weighted by molar-refractivity contribution is 0.333. The Balaban J connectivity index is 2.12. The first-order valence-electron chi connectivity index (χ1n) is 6.80. The lowest BCUT2D eigenvalue weighted by atomic mass is 9.85. The van der Waals surface area contributed by atoms with Gasteiger partial charge in [-0.15, -0.1) is 0 Å². The van der Waals surface area contributed by atoms with E-state index in [9.17, 15) is 0 Å². The SMILES string of the molecule is CNc1cc(NCC2CCC2)nc(C(C)(C)C)n1. The van der Waals surface area contributed by atoms with E-state index in [2.05, 4.69) is 41.4 Å². The highest BCUT2D eigenvalue weighted by Crippen LogP contribution is 2.27. The van der Waals surface area contributed by atoms with E-state index in [-0.39, 0.29) is 5.41 Å². The summed E-state index contributed by atoms with van der Waals surface area (Å²) in [7, 11) is 1.89. The fraction of sp³-hybridized carbons (Fsp3) is 0.714. The summed E-state index contributed by atoms with van der Waals surface area (Å²) in [5.41, 5.74) is -0.0280. The topological polar surface area (TPSA) is 49.8 Å². The van der Waals surface area contributed by atoms with Gasteiger partial charge < -0.3 is 10.6 Å². The molecule has 0 aliphatic heterocycles. The maximum Gasteiger partial charge on any atom is 0.138 e. The van der Waals surface area contributed by atoms with Crippen molar-refractivity contribution in [3.63, 3.8) is 0 Å². The molecule has 4 nitrogen and oxygen atoms in total. The van der Waals surface area contributed by atoms with Crippen molar-refractivity contribution in [1.82, 2.24) is 9.97 Å². The highest BCUT2D eigenvalue weighted by atomic mass is 15.1. The summed E-state index contributed by atoms with van der Waals surface area (Å²) >= 11 is 0. The van der Waals surface area contributed by atoms with Gasteiger partial charge in [-0.2, -0.15) is 0 Å². The molecule has 0 unspecified atom stereocenters. The van der Waals surface area contributed by atoms with Crippen LogP contribution in [0.3, 0.4) is 0 Å². The Labute approximate surface area is 110 Å². The molecule has 0 amide bonds. The minimum atomic E-state index is -0.0280. The summed E-state index contributed by atoms with van der Waals surface area (Å²) in [5.74, 6) is 3.53. The van der Waals surface area contributed by atoms with Crippen LogP contribution < -0.4 is 10.6 Å². The predicted octanol–water partition coefficient (Wildman–Crippen LogP) is 3.03. The number of nitrogens with zero attached hydrogens (tertiary/aromatic N) is 2. The highest BCUT2D eigenvalue weighted by Gasteiger charge is 2.20. The fourth-order valence-corrected chi connectivity index (χ4v) is 1.95. The van der Waals surface area contributed by atoms with Crippen molar-refractivity contribution in [2.45, 2.75) is 45.4 Å². The van der Waals surface area contributed by atoms with E-state index >= 15 is 0 Å². The molecule has 2 rings (SSSR count). The predicted molar refractivity (Wildman–Crippen MR) is 76.1 cm³/mol. The average Bonchev–Trinajstić information content (AvgIpc) is 2.25. The monoisotopic (exact) mass is 248 g/mol. The van der Waals surface area contributed by atoms with Crippen LogP contribution in [0.2, 0.25) is 0 Å². The second kappa shape index (κ2) is 5.12. The summed E-state index contributed by atoms with van der Waals surface area (Å²) in [6, 6.07) is 1.98. The number of hydrogen-bond acceptors (Lipinski definition) is 4. The van der Waals surface area contributed by atoms with Gasteiger partial charge in [-0.1, -0.05) is 27.2 Å². The van der Waals surface area contributed by atoms with E-state index in [4.69, 9.17) is 0 Å². The number of hydrogen-bond donors (Lipinski definition) is 2. The first kappa shape index (κ1) is 13.1. The molecule has 0 saturated heterocycles. The van der Waals surface area contributed by atoms with Gasteiger partial charge in [0.15, 0.2) is 0 Å². The molecular formula is C14H24N4. The average molecular weight is 248 g/mol. The van der Waals surface area contributed by atoms with Crippen molar-refractivity contribution in [3.8, 4) is 0 Å². The maximum atomic E-state index is 4.62. The zero-order valence-corrected chi connectivity index (χ0v) is 11.9. The molecule has 1 aliphatic carbocycles. The molecule has 1 aromatic rings. The van der Waals surface area contributed by atoms with E-state index in [0.717, 1.165) is 29.9 Å². The van der Waals surface area contributed by atoms with Gasteiger partial charge >= 0.3 is 0 Å². The van der Waals surface area contributed by atoms with Crippen molar-refractivity contribution in [3.05, 3.63) is 11.9 Å². The lowest BCUT2D eigenvalue weighted by Crippen LogP contribution is -2.23. The molecule has 0 atom stereocenters. The van der Waals surface area contributed by atoms with E-state index in [1.54, 1.807) is 0 Å². The van der Waals surface area contributed by atoms with E-state index in [0.29, 0.717) is 0 Å². The molecule has 0 radical (unpaired) electrons. The van der Waals surface area contributed by atoms with Crippen molar-refractivity contribution >= 4 is 11.6 Å². The highest BCUT2D eigenvalue weighted by molar-refractivity contribution is 5.47. The van der Waals surface area contributed by atoms with Gasteiger partial charge in [0.25, 0.3) is 0 Å². The Morgan fingerprint density at radius 2 is 1.89 bits per heavy atom. The molecule has 18 heavy (non-hydrogen) atoms. The number of rotatable bonds is 4. The molecule has 1 aliphatic rings. The van der Waals surface area contributed by atoms with Crippen molar-refractivity contribution < 1.29 is 0 Å². The van der Waals surface area contributed by atoms with Crippen molar-refractivity contribution in [2.75, 3.05) is 24.2 Å². The molecule has 1 aromatic heterocycles. The molecule has 100 valence electrons. The second-order valence-corrected chi connectivity index (χ2v) is 6.14. The quantitative estimate of drug-likeness (QED) is 0.860.